The summed E-state index contributed by atoms with van der Waals surface area (Å²) in [7, 11) is 0. The molecule has 0 radical (unpaired) electrons. The molecule has 1 aromatic heterocycles. The number of para-hydroxylation sites is 2. The highest BCUT2D eigenvalue weighted by Gasteiger charge is 2.78. The molecular formula is C16H16N2O. The Kier molecular flexibility index (Phi) is 1.54. The minimum Gasteiger partial charge on any atom is -0.362 e. The monoisotopic (exact) mass is 252 g/mol. The maximum Gasteiger partial charge on any atom is 0.114 e. The molecule has 2 aromatic rings. The van der Waals surface area contributed by atoms with Crippen LogP contribution in [0.4, 0.5) is 0 Å². The predicted octanol–water partition coefficient (Wildman–Crippen LogP) is 3.15. The molecule has 1 saturated carbocycles. The highest BCUT2D eigenvalue weighted by Crippen LogP contribution is 2.73. The summed E-state index contributed by atoms with van der Waals surface area (Å²) in [6.07, 6.45) is 2.40. The van der Waals surface area contributed by atoms with Crippen molar-refractivity contribution in [2.75, 3.05) is 0 Å². The summed E-state index contributed by atoms with van der Waals surface area (Å²) in [5.74, 6) is 0.916. The molecule has 2 unspecified atom stereocenters. The maximum absolute atomic E-state index is 6.17. The van der Waals surface area contributed by atoms with Crippen molar-refractivity contribution in [3.63, 3.8) is 0 Å². The smallest absolute Gasteiger partial charge is 0.114 e. The van der Waals surface area contributed by atoms with Crippen LogP contribution >= 0.6 is 0 Å². The molecule has 2 aliphatic carbocycles. The first-order chi connectivity index (χ1) is 9.13. The first-order valence-electron chi connectivity index (χ1n) is 7.10. The van der Waals surface area contributed by atoms with Crippen molar-refractivity contribution in [2.24, 2.45) is 0 Å². The number of nitrogens with zero attached hydrogens (tertiary/aromatic N) is 2. The van der Waals surface area contributed by atoms with Crippen molar-refractivity contribution in [3.05, 3.63) is 35.7 Å². The molecule has 1 aliphatic heterocycles. The highest BCUT2D eigenvalue weighted by molar-refractivity contribution is 5.75. The largest absolute Gasteiger partial charge is 0.362 e. The number of ether oxygens (including phenoxy) is 1. The van der Waals surface area contributed by atoms with Crippen LogP contribution < -0.4 is 0 Å². The van der Waals surface area contributed by atoms with Crippen molar-refractivity contribution < 1.29 is 4.74 Å². The van der Waals surface area contributed by atoms with E-state index in [0.717, 1.165) is 11.0 Å². The third-order valence-electron chi connectivity index (χ3n) is 5.39. The van der Waals surface area contributed by atoms with Gasteiger partial charge in [0.15, 0.2) is 0 Å². The molecule has 2 bridgehead atoms. The molecule has 2 fully saturated rings. The number of epoxide rings is 1. The number of benzene rings is 1. The summed E-state index contributed by atoms with van der Waals surface area (Å²) in [4.78, 5) is 9.79. The molecule has 0 amide bonds. The highest BCUT2D eigenvalue weighted by atomic mass is 16.6. The van der Waals surface area contributed by atoms with E-state index in [-0.39, 0.29) is 11.2 Å². The standard InChI is InChI=1S/C16H16N2O/c1-15(2)16(19-15)9-7-8-10(16)14-13(9)17-11-5-3-4-6-12(11)18-14/h3-6,9-10H,7-8H2,1-2H3. The van der Waals surface area contributed by atoms with Crippen molar-refractivity contribution in [2.45, 2.75) is 49.7 Å². The second-order valence-corrected chi connectivity index (χ2v) is 6.57. The van der Waals surface area contributed by atoms with Crippen LogP contribution in [0, 0.1) is 0 Å². The molecule has 3 nitrogen and oxygen atoms in total. The average Bonchev–Trinajstić information content (AvgIpc) is 2.71. The van der Waals surface area contributed by atoms with Crippen molar-refractivity contribution in [1.82, 2.24) is 9.97 Å². The molecule has 1 saturated heterocycles. The van der Waals surface area contributed by atoms with Gasteiger partial charge >= 0.3 is 0 Å². The fraction of sp³-hybridized carbons (Fsp3) is 0.500. The summed E-state index contributed by atoms with van der Waals surface area (Å²) in [6, 6.07) is 8.17. The van der Waals surface area contributed by atoms with Crippen molar-refractivity contribution >= 4 is 11.0 Å². The third-order valence-corrected chi connectivity index (χ3v) is 5.39. The lowest BCUT2D eigenvalue weighted by Gasteiger charge is -2.12. The molecule has 19 heavy (non-hydrogen) atoms. The minimum atomic E-state index is -0.00655. The Bertz CT molecular complexity index is 671. The quantitative estimate of drug-likeness (QED) is 0.676. The van der Waals surface area contributed by atoms with E-state index in [1.165, 1.54) is 24.2 Å². The zero-order chi connectivity index (χ0) is 12.8. The Hall–Kier alpha value is -1.48. The normalized spacial score (nSPS) is 36.9. The molecule has 0 N–H and O–H groups in total. The molecule has 1 spiro atoms. The van der Waals surface area contributed by atoms with E-state index in [4.69, 9.17) is 14.7 Å². The van der Waals surface area contributed by atoms with Crippen LogP contribution in [0.2, 0.25) is 0 Å². The number of rotatable bonds is 0. The van der Waals surface area contributed by atoms with Gasteiger partial charge in [-0.05, 0) is 38.8 Å². The fourth-order valence-corrected chi connectivity index (χ4v) is 4.60. The first-order valence-corrected chi connectivity index (χ1v) is 7.10. The molecule has 3 heteroatoms. The van der Waals surface area contributed by atoms with E-state index in [9.17, 15) is 0 Å². The van der Waals surface area contributed by atoms with Crippen LogP contribution in [0.3, 0.4) is 0 Å². The van der Waals surface area contributed by atoms with Gasteiger partial charge in [-0.25, -0.2) is 9.97 Å². The van der Waals surface area contributed by atoms with Crippen LogP contribution in [-0.4, -0.2) is 21.2 Å². The van der Waals surface area contributed by atoms with Gasteiger partial charge in [0.2, 0.25) is 0 Å². The van der Waals surface area contributed by atoms with Gasteiger partial charge in [0.25, 0.3) is 0 Å². The van der Waals surface area contributed by atoms with Crippen LogP contribution in [0.15, 0.2) is 24.3 Å². The van der Waals surface area contributed by atoms with Gasteiger partial charge in [-0.2, -0.15) is 0 Å². The van der Waals surface area contributed by atoms with Crippen LogP contribution in [0.25, 0.3) is 11.0 Å². The second kappa shape index (κ2) is 2.83. The van der Waals surface area contributed by atoms with E-state index >= 15 is 0 Å². The molecule has 2 atom stereocenters. The van der Waals surface area contributed by atoms with Gasteiger partial charge in [-0.3, -0.25) is 0 Å². The summed E-state index contributed by atoms with van der Waals surface area (Å²) in [5.41, 5.74) is 4.45. The summed E-state index contributed by atoms with van der Waals surface area (Å²) < 4.78 is 6.17. The molecular weight excluding hydrogens is 236 g/mol. The Morgan fingerprint density at radius 3 is 1.89 bits per heavy atom. The zero-order valence-electron chi connectivity index (χ0n) is 11.2. The lowest BCUT2D eigenvalue weighted by Crippen LogP contribution is -2.24. The number of hydrogen-bond acceptors (Lipinski definition) is 3. The zero-order valence-corrected chi connectivity index (χ0v) is 11.2. The van der Waals surface area contributed by atoms with Gasteiger partial charge < -0.3 is 4.74 Å². The molecule has 1 aromatic carbocycles. The Morgan fingerprint density at radius 2 is 1.47 bits per heavy atom. The second-order valence-electron chi connectivity index (χ2n) is 6.57. The fourth-order valence-electron chi connectivity index (χ4n) is 4.60. The van der Waals surface area contributed by atoms with Gasteiger partial charge in [0, 0.05) is 11.8 Å². The molecule has 5 rings (SSSR count). The minimum absolute atomic E-state index is 0.00655. The molecule has 3 aliphatic rings. The maximum atomic E-state index is 6.17. The Morgan fingerprint density at radius 1 is 1.00 bits per heavy atom. The molecule has 2 heterocycles. The number of hydrogen-bond donors (Lipinski definition) is 0. The van der Waals surface area contributed by atoms with Crippen LogP contribution in [0.1, 0.15) is 49.9 Å². The van der Waals surface area contributed by atoms with E-state index in [2.05, 4.69) is 26.0 Å². The van der Waals surface area contributed by atoms with E-state index in [1.807, 2.05) is 12.1 Å². The molecule has 96 valence electrons. The topological polar surface area (TPSA) is 38.3 Å². The Labute approximate surface area is 112 Å². The lowest BCUT2D eigenvalue weighted by molar-refractivity contribution is 0.259. The first kappa shape index (κ1) is 10.3. The van der Waals surface area contributed by atoms with Gasteiger partial charge in [-0.15, -0.1) is 0 Å². The van der Waals surface area contributed by atoms with Crippen LogP contribution in [0.5, 0.6) is 0 Å². The number of aromatic nitrogens is 2. The van der Waals surface area contributed by atoms with Gasteiger partial charge in [0.1, 0.15) is 5.60 Å². The van der Waals surface area contributed by atoms with Crippen molar-refractivity contribution in [1.29, 1.82) is 0 Å². The van der Waals surface area contributed by atoms with E-state index in [0.29, 0.717) is 11.8 Å². The van der Waals surface area contributed by atoms with Crippen LogP contribution in [-0.2, 0) is 4.74 Å². The lowest BCUT2D eigenvalue weighted by atomic mass is 9.85. The average molecular weight is 252 g/mol. The SMILES string of the molecule is CC1(C)OC12C1CCC2c2nc3ccccc3nc21. The summed E-state index contributed by atoms with van der Waals surface area (Å²) >= 11 is 0. The summed E-state index contributed by atoms with van der Waals surface area (Å²) in [6.45, 7) is 4.42. The number of fused-ring (bicyclic) bond motifs is 4. The van der Waals surface area contributed by atoms with E-state index < -0.39 is 0 Å². The Balaban J connectivity index is 1.79. The summed E-state index contributed by atoms with van der Waals surface area (Å²) in [5, 5.41) is 0. The van der Waals surface area contributed by atoms with Gasteiger partial charge in [0.05, 0.1) is 28.0 Å². The third kappa shape index (κ3) is 0.983. The predicted molar refractivity (Wildman–Crippen MR) is 72.1 cm³/mol. The van der Waals surface area contributed by atoms with E-state index in [1.54, 1.807) is 0 Å². The van der Waals surface area contributed by atoms with Crippen molar-refractivity contribution in [3.8, 4) is 0 Å². The van der Waals surface area contributed by atoms with Gasteiger partial charge in [-0.1, -0.05) is 12.1 Å².